The predicted molar refractivity (Wildman–Crippen MR) is 82.5 cm³/mol. The van der Waals surface area contributed by atoms with E-state index in [1.54, 1.807) is 39.0 Å². The van der Waals surface area contributed by atoms with E-state index in [4.69, 9.17) is 9.26 Å². The lowest BCUT2D eigenvalue weighted by molar-refractivity contribution is 0.0380. The van der Waals surface area contributed by atoms with Crippen LogP contribution >= 0.6 is 0 Å². The maximum absolute atomic E-state index is 13.1. The summed E-state index contributed by atoms with van der Waals surface area (Å²) in [6.07, 6.45) is -0.250. The second-order valence-electron chi connectivity index (χ2n) is 5.46. The molecule has 0 amide bonds. The third-order valence-corrected chi connectivity index (χ3v) is 3.32. The van der Waals surface area contributed by atoms with Crippen molar-refractivity contribution in [1.29, 1.82) is 0 Å². The van der Waals surface area contributed by atoms with Gasteiger partial charge >= 0.3 is 5.97 Å². The average Bonchev–Trinajstić information content (AvgIpc) is 2.88. The summed E-state index contributed by atoms with van der Waals surface area (Å²) in [6, 6.07) is 7.46. The number of carbonyl (C=O) groups excluding carboxylic acids is 1. The molecule has 3 rings (SSSR count). The monoisotopic (exact) mass is 314 g/mol. The zero-order valence-electron chi connectivity index (χ0n) is 13.0. The number of aromatic nitrogens is 2. The first kappa shape index (κ1) is 15.1. The van der Waals surface area contributed by atoms with Crippen LogP contribution in [0.3, 0.4) is 0 Å². The van der Waals surface area contributed by atoms with Gasteiger partial charge in [0.25, 0.3) is 5.71 Å². The molecule has 0 radical (unpaired) electrons. The van der Waals surface area contributed by atoms with Gasteiger partial charge in [0.2, 0.25) is 0 Å². The van der Waals surface area contributed by atoms with Gasteiger partial charge in [-0.3, -0.25) is 0 Å². The van der Waals surface area contributed by atoms with E-state index in [-0.39, 0.29) is 17.6 Å². The standard InChI is InChI=1S/C17H15FN2O3/c1-9(2)22-17(21)13-8-14(11-4-6-12(18)7-5-11)19-16-15(13)10(3)20-23-16/h4-9H,1-3H3. The van der Waals surface area contributed by atoms with Gasteiger partial charge in [0.15, 0.2) is 0 Å². The molecule has 118 valence electrons. The van der Waals surface area contributed by atoms with E-state index < -0.39 is 5.97 Å². The van der Waals surface area contributed by atoms with Crippen LogP contribution in [0, 0.1) is 12.7 Å². The molecule has 0 spiro atoms. The summed E-state index contributed by atoms with van der Waals surface area (Å²) in [5.74, 6) is -0.813. The second kappa shape index (κ2) is 5.79. The molecule has 0 saturated carbocycles. The lowest BCUT2D eigenvalue weighted by atomic mass is 10.1. The summed E-state index contributed by atoms with van der Waals surface area (Å²) in [4.78, 5) is 16.7. The molecule has 1 aromatic carbocycles. The number of pyridine rings is 1. The maximum atomic E-state index is 13.1. The van der Waals surface area contributed by atoms with Gasteiger partial charge in [-0.15, -0.1) is 0 Å². The van der Waals surface area contributed by atoms with E-state index in [1.165, 1.54) is 12.1 Å². The van der Waals surface area contributed by atoms with Crippen molar-refractivity contribution in [3.05, 3.63) is 47.4 Å². The Morgan fingerprint density at radius 1 is 1.26 bits per heavy atom. The quantitative estimate of drug-likeness (QED) is 0.686. The molecular formula is C17H15FN2O3. The first-order valence-electron chi connectivity index (χ1n) is 7.19. The number of carbonyl (C=O) groups is 1. The van der Waals surface area contributed by atoms with Gasteiger partial charge in [0, 0.05) is 5.56 Å². The molecule has 0 saturated heterocycles. The highest BCUT2D eigenvalue weighted by Crippen LogP contribution is 2.27. The van der Waals surface area contributed by atoms with Crippen molar-refractivity contribution in [3.8, 4) is 11.3 Å². The molecule has 0 atom stereocenters. The van der Waals surface area contributed by atoms with Crippen molar-refractivity contribution in [2.75, 3.05) is 0 Å². The van der Waals surface area contributed by atoms with Gasteiger partial charge in [0.05, 0.1) is 28.4 Å². The Morgan fingerprint density at radius 3 is 2.61 bits per heavy atom. The fourth-order valence-corrected chi connectivity index (χ4v) is 2.30. The Morgan fingerprint density at radius 2 is 1.96 bits per heavy atom. The van der Waals surface area contributed by atoms with Crippen LogP contribution < -0.4 is 0 Å². The molecule has 0 bridgehead atoms. The lowest BCUT2D eigenvalue weighted by Gasteiger charge is -2.10. The van der Waals surface area contributed by atoms with Crippen LogP contribution in [0.5, 0.6) is 0 Å². The molecule has 6 heteroatoms. The number of halogens is 1. The largest absolute Gasteiger partial charge is 0.459 e. The Labute approximate surface area is 132 Å². The summed E-state index contributed by atoms with van der Waals surface area (Å²) in [5, 5.41) is 4.39. The highest BCUT2D eigenvalue weighted by molar-refractivity contribution is 6.04. The number of fused-ring (bicyclic) bond motifs is 1. The van der Waals surface area contributed by atoms with Crippen molar-refractivity contribution in [2.24, 2.45) is 0 Å². The van der Waals surface area contributed by atoms with E-state index in [0.717, 1.165) is 0 Å². The molecular weight excluding hydrogens is 299 g/mol. The second-order valence-corrected chi connectivity index (χ2v) is 5.46. The van der Waals surface area contributed by atoms with E-state index in [0.29, 0.717) is 27.9 Å². The minimum atomic E-state index is -0.470. The minimum Gasteiger partial charge on any atom is -0.459 e. The number of hydrogen-bond acceptors (Lipinski definition) is 5. The van der Waals surface area contributed by atoms with Crippen molar-refractivity contribution in [1.82, 2.24) is 10.1 Å². The molecule has 0 unspecified atom stereocenters. The van der Waals surface area contributed by atoms with E-state index >= 15 is 0 Å². The maximum Gasteiger partial charge on any atom is 0.339 e. The van der Waals surface area contributed by atoms with Crippen LogP contribution in [0.15, 0.2) is 34.9 Å². The number of ether oxygens (including phenoxy) is 1. The SMILES string of the molecule is Cc1noc2nc(-c3ccc(F)cc3)cc(C(=O)OC(C)C)c12. The van der Waals surface area contributed by atoms with Gasteiger partial charge in [-0.25, -0.2) is 14.2 Å². The third kappa shape index (κ3) is 2.92. The average molecular weight is 314 g/mol. The number of esters is 1. The highest BCUT2D eigenvalue weighted by atomic mass is 19.1. The van der Waals surface area contributed by atoms with Crippen molar-refractivity contribution >= 4 is 17.1 Å². The number of nitrogens with zero attached hydrogens (tertiary/aromatic N) is 2. The van der Waals surface area contributed by atoms with Crippen LogP contribution in [-0.2, 0) is 4.74 Å². The van der Waals surface area contributed by atoms with Gasteiger partial charge in [-0.1, -0.05) is 5.16 Å². The molecule has 3 aromatic rings. The molecule has 0 N–H and O–H groups in total. The molecule has 0 aliphatic heterocycles. The summed E-state index contributed by atoms with van der Waals surface area (Å²) in [7, 11) is 0. The van der Waals surface area contributed by atoms with Crippen LogP contribution in [0.1, 0.15) is 29.9 Å². The fourth-order valence-electron chi connectivity index (χ4n) is 2.30. The molecule has 2 aromatic heterocycles. The zero-order valence-corrected chi connectivity index (χ0v) is 13.0. The molecule has 0 aliphatic carbocycles. The van der Waals surface area contributed by atoms with Crippen molar-refractivity contribution in [3.63, 3.8) is 0 Å². The number of hydrogen-bond donors (Lipinski definition) is 0. The lowest BCUT2D eigenvalue weighted by Crippen LogP contribution is -2.12. The molecule has 5 nitrogen and oxygen atoms in total. The van der Waals surface area contributed by atoms with Gasteiger partial charge in [-0.05, 0) is 51.1 Å². The molecule has 0 fully saturated rings. The summed E-state index contributed by atoms with van der Waals surface area (Å²) >= 11 is 0. The first-order chi connectivity index (χ1) is 11.0. The number of aryl methyl sites for hydroxylation is 1. The van der Waals surface area contributed by atoms with Gasteiger partial charge < -0.3 is 9.26 Å². The Kier molecular flexibility index (Phi) is 3.82. The van der Waals surface area contributed by atoms with Crippen molar-refractivity contribution in [2.45, 2.75) is 26.9 Å². The van der Waals surface area contributed by atoms with E-state index in [9.17, 15) is 9.18 Å². The summed E-state index contributed by atoms with van der Waals surface area (Å²) in [6.45, 7) is 5.28. The topological polar surface area (TPSA) is 65.2 Å². The summed E-state index contributed by atoms with van der Waals surface area (Å²) < 4.78 is 23.6. The Bertz CT molecular complexity index is 869. The van der Waals surface area contributed by atoms with E-state index in [1.807, 2.05) is 0 Å². The zero-order chi connectivity index (χ0) is 16.6. The highest BCUT2D eigenvalue weighted by Gasteiger charge is 2.21. The molecule has 23 heavy (non-hydrogen) atoms. The van der Waals surface area contributed by atoms with Gasteiger partial charge in [-0.2, -0.15) is 0 Å². The third-order valence-electron chi connectivity index (χ3n) is 3.32. The summed E-state index contributed by atoms with van der Waals surface area (Å²) in [5.41, 5.74) is 2.31. The number of benzene rings is 1. The number of rotatable bonds is 3. The predicted octanol–water partition coefficient (Wildman–Crippen LogP) is 3.90. The van der Waals surface area contributed by atoms with Gasteiger partial charge in [0.1, 0.15) is 5.82 Å². The van der Waals surface area contributed by atoms with Crippen molar-refractivity contribution < 1.29 is 18.4 Å². The van der Waals surface area contributed by atoms with E-state index in [2.05, 4.69) is 10.1 Å². The minimum absolute atomic E-state index is 0.250. The smallest absolute Gasteiger partial charge is 0.339 e. The fraction of sp³-hybridized carbons (Fsp3) is 0.235. The molecule has 2 heterocycles. The first-order valence-corrected chi connectivity index (χ1v) is 7.19. The Hall–Kier alpha value is -2.76. The van der Waals surface area contributed by atoms with Crippen LogP contribution in [0.25, 0.3) is 22.4 Å². The van der Waals surface area contributed by atoms with Crippen LogP contribution in [0.4, 0.5) is 4.39 Å². The normalized spacial score (nSPS) is 11.2. The van der Waals surface area contributed by atoms with Crippen LogP contribution in [0.2, 0.25) is 0 Å². The Balaban J connectivity index is 2.18. The van der Waals surface area contributed by atoms with Crippen LogP contribution in [-0.4, -0.2) is 22.2 Å². The molecule has 0 aliphatic rings.